The normalized spacial score (nSPS) is 10.7. The summed E-state index contributed by atoms with van der Waals surface area (Å²) < 4.78 is 0. The molecule has 0 atom stereocenters. The first kappa shape index (κ1) is 11.2. The van der Waals surface area contributed by atoms with Gasteiger partial charge in [-0.25, -0.2) is 9.97 Å². The average molecular weight is 250 g/mol. The van der Waals surface area contributed by atoms with Gasteiger partial charge in [0.15, 0.2) is 0 Å². The summed E-state index contributed by atoms with van der Waals surface area (Å²) in [5, 5.41) is 1.17. The lowest BCUT2D eigenvalue weighted by molar-refractivity contribution is 1.23. The molecule has 0 aliphatic rings. The van der Waals surface area contributed by atoms with E-state index in [-0.39, 0.29) is 5.28 Å². The summed E-state index contributed by atoms with van der Waals surface area (Å²) in [6, 6.07) is 15.3. The third kappa shape index (κ3) is 1.87. The van der Waals surface area contributed by atoms with Crippen molar-refractivity contribution in [1.29, 1.82) is 0 Å². The highest BCUT2D eigenvalue weighted by atomic mass is 35.5. The molecular weight excluding hydrogens is 242 g/mol. The minimum Gasteiger partial charge on any atom is -0.218 e. The fourth-order valence-electron chi connectivity index (χ4n) is 1.97. The highest BCUT2D eigenvalue weighted by molar-refractivity contribution is 6.36. The Labute approximate surface area is 111 Å². The molecule has 0 unspecified atom stereocenters. The third-order valence-corrected chi connectivity index (χ3v) is 2.96. The van der Waals surface area contributed by atoms with E-state index in [1.807, 2.05) is 48.5 Å². The number of hydrogen-bond donors (Lipinski definition) is 0. The van der Waals surface area contributed by atoms with E-state index in [4.69, 9.17) is 19.4 Å². The van der Waals surface area contributed by atoms with E-state index in [9.17, 15) is 0 Å². The van der Waals surface area contributed by atoms with Crippen molar-refractivity contribution in [3.63, 3.8) is 0 Å². The molecule has 0 aliphatic heterocycles. The highest BCUT2D eigenvalue weighted by Gasteiger charge is 2.09. The van der Waals surface area contributed by atoms with Gasteiger partial charge in [0.1, 0.15) is 7.85 Å². The molecule has 0 saturated heterocycles. The van der Waals surface area contributed by atoms with Crippen LogP contribution in [0.3, 0.4) is 0 Å². The molecular formula is C14H8BClN2. The van der Waals surface area contributed by atoms with Crippen LogP contribution in [0.4, 0.5) is 0 Å². The summed E-state index contributed by atoms with van der Waals surface area (Å²) in [4.78, 5) is 8.51. The zero-order valence-corrected chi connectivity index (χ0v) is 10.2. The van der Waals surface area contributed by atoms with E-state index in [2.05, 4.69) is 9.97 Å². The van der Waals surface area contributed by atoms with Crippen molar-refractivity contribution in [2.24, 2.45) is 0 Å². The molecule has 0 fully saturated rings. The molecule has 0 saturated carbocycles. The standard InChI is InChI=1S/C14H8BClN2/c15-11-7-3-1-5-9(11)13-10-6-2-4-8-12(10)17-14(16)18-13/h1-8H. The van der Waals surface area contributed by atoms with Crippen LogP contribution in [0.1, 0.15) is 0 Å². The third-order valence-electron chi connectivity index (χ3n) is 2.79. The zero-order chi connectivity index (χ0) is 12.5. The molecule has 2 radical (unpaired) electrons. The molecule has 18 heavy (non-hydrogen) atoms. The van der Waals surface area contributed by atoms with Crippen LogP contribution >= 0.6 is 11.6 Å². The van der Waals surface area contributed by atoms with Crippen LogP contribution in [0, 0.1) is 0 Å². The first-order chi connectivity index (χ1) is 8.75. The van der Waals surface area contributed by atoms with Gasteiger partial charge in [0.2, 0.25) is 5.28 Å². The number of aromatic nitrogens is 2. The van der Waals surface area contributed by atoms with Gasteiger partial charge >= 0.3 is 0 Å². The minimum atomic E-state index is 0.229. The molecule has 0 spiro atoms. The van der Waals surface area contributed by atoms with Gasteiger partial charge in [-0.2, -0.15) is 0 Å². The number of hydrogen-bond acceptors (Lipinski definition) is 2. The lowest BCUT2D eigenvalue weighted by Crippen LogP contribution is -2.07. The Bertz CT molecular complexity index is 728. The Balaban J connectivity index is 2.39. The molecule has 0 amide bonds. The van der Waals surface area contributed by atoms with E-state index in [1.165, 1.54) is 0 Å². The predicted molar refractivity (Wildman–Crippen MR) is 75.4 cm³/mol. The molecule has 3 rings (SSSR count). The van der Waals surface area contributed by atoms with Crippen molar-refractivity contribution >= 4 is 35.8 Å². The largest absolute Gasteiger partial charge is 0.223 e. The van der Waals surface area contributed by atoms with Crippen molar-refractivity contribution in [3.05, 3.63) is 53.8 Å². The second kappa shape index (κ2) is 4.43. The molecule has 84 valence electrons. The molecule has 3 aromatic rings. The van der Waals surface area contributed by atoms with Crippen molar-refractivity contribution in [3.8, 4) is 11.3 Å². The highest BCUT2D eigenvalue weighted by Crippen LogP contribution is 2.25. The predicted octanol–water partition coefficient (Wildman–Crippen LogP) is 2.74. The average Bonchev–Trinajstić information content (AvgIpc) is 2.38. The molecule has 0 N–H and O–H groups in total. The summed E-state index contributed by atoms with van der Waals surface area (Å²) in [7, 11) is 5.99. The number of para-hydroxylation sites is 1. The van der Waals surface area contributed by atoms with Crippen LogP contribution < -0.4 is 5.46 Å². The van der Waals surface area contributed by atoms with E-state index in [0.717, 1.165) is 22.2 Å². The van der Waals surface area contributed by atoms with Crippen molar-refractivity contribution < 1.29 is 0 Å². The molecule has 4 heteroatoms. The Morgan fingerprint density at radius 2 is 1.61 bits per heavy atom. The van der Waals surface area contributed by atoms with Gasteiger partial charge in [-0.05, 0) is 23.2 Å². The monoisotopic (exact) mass is 250 g/mol. The minimum absolute atomic E-state index is 0.229. The van der Waals surface area contributed by atoms with Gasteiger partial charge in [-0.1, -0.05) is 47.9 Å². The maximum atomic E-state index is 5.99. The molecule has 1 aromatic heterocycles. The summed E-state index contributed by atoms with van der Waals surface area (Å²) >= 11 is 5.96. The van der Waals surface area contributed by atoms with Crippen molar-refractivity contribution in [2.45, 2.75) is 0 Å². The van der Waals surface area contributed by atoms with Crippen LogP contribution in [0.25, 0.3) is 22.2 Å². The fourth-order valence-corrected chi connectivity index (χ4v) is 2.14. The number of halogens is 1. The topological polar surface area (TPSA) is 25.8 Å². The Kier molecular flexibility index (Phi) is 2.76. The van der Waals surface area contributed by atoms with Gasteiger partial charge in [-0.3, -0.25) is 0 Å². The van der Waals surface area contributed by atoms with Crippen LogP contribution in [-0.4, -0.2) is 17.8 Å². The summed E-state index contributed by atoms with van der Waals surface area (Å²) in [5.41, 5.74) is 3.13. The molecule has 0 bridgehead atoms. The second-order valence-electron chi connectivity index (χ2n) is 3.95. The van der Waals surface area contributed by atoms with Crippen LogP contribution in [-0.2, 0) is 0 Å². The van der Waals surface area contributed by atoms with E-state index >= 15 is 0 Å². The fraction of sp³-hybridized carbons (Fsp3) is 0. The SMILES string of the molecule is [B]c1ccccc1-c1nc(Cl)nc2ccccc12. The molecule has 0 aliphatic carbocycles. The van der Waals surface area contributed by atoms with Crippen molar-refractivity contribution in [1.82, 2.24) is 9.97 Å². The van der Waals surface area contributed by atoms with Gasteiger partial charge < -0.3 is 0 Å². The summed E-state index contributed by atoms with van der Waals surface area (Å²) in [6.07, 6.45) is 0. The van der Waals surface area contributed by atoms with Crippen LogP contribution in [0.5, 0.6) is 0 Å². The summed E-state index contributed by atoms with van der Waals surface area (Å²) in [6.45, 7) is 0. The van der Waals surface area contributed by atoms with E-state index in [0.29, 0.717) is 5.46 Å². The smallest absolute Gasteiger partial charge is 0.218 e. The van der Waals surface area contributed by atoms with Gasteiger partial charge in [0.25, 0.3) is 0 Å². The van der Waals surface area contributed by atoms with Gasteiger partial charge in [-0.15, -0.1) is 0 Å². The first-order valence-electron chi connectivity index (χ1n) is 5.53. The Hall–Kier alpha value is -1.87. The number of benzene rings is 2. The number of rotatable bonds is 1. The summed E-state index contributed by atoms with van der Waals surface area (Å²) in [5.74, 6) is 0. The maximum absolute atomic E-state index is 5.99. The molecule has 2 nitrogen and oxygen atoms in total. The molecule has 2 aromatic carbocycles. The zero-order valence-electron chi connectivity index (χ0n) is 9.47. The van der Waals surface area contributed by atoms with Gasteiger partial charge in [0.05, 0.1) is 11.2 Å². The Morgan fingerprint density at radius 3 is 2.44 bits per heavy atom. The van der Waals surface area contributed by atoms with Crippen molar-refractivity contribution in [2.75, 3.05) is 0 Å². The first-order valence-corrected chi connectivity index (χ1v) is 5.90. The quantitative estimate of drug-likeness (QED) is 0.490. The number of fused-ring (bicyclic) bond motifs is 1. The number of nitrogens with zero attached hydrogens (tertiary/aromatic N) is 2. The van der Waals surface area contributed by atoms with E-state index in [1.54, 1.807) is 0 Å². The lowest BCUT2D eigenvalue weighted by Gasteiger charge is -2.08. The molecule has 1 heterocycles. The van der Waals surface area contributed by atoms with Crippen LogP contribution in [0.15, 0.2) is 48.5 Å². The van der Waals surface area contributed by atoms with Gasteiger partial charge in [0, 0.05) is 5.39 Å². The van der Waals surface area contributed by atoms with E-state index < -0.39 is 0 Å². The second-order valence-corrected chi connectivity index (χ2v) is 4.28. The maximum Gasteiger partial charge on any atom is 0.223 e. The van der Waals surface area contributed by atoms with Crippen LogP contribution in [0.2, 0.25) is 5.28 Å². The lowest BCUT2D eigenvalue weighted by atomic mass is 9.88. The Morgan fingerprint density at radius 1 is 0.889 bits per heavy atom.